The van der Waals surface area contributed by atoms with Crippen LogP contribution in [0.4, 0.5) is 4.79 Å². The van der Waals surface area contributed by atoms with Gasteiger partial charge in [0.1, 0.15) is 0 Å². The molecule has 2 amide bonds. The second kappa shape index (κ2) is 8.67. The number of nitrogens with one attached hydrogen (secondary N) is 2. The van der Waals surface area contributed by atoms with Gasteiger partial charge in [0.15, 0.2) is 0 Å². The lowest BCUT2D eigenvalue weighted by atomic mass is 9.96. The van der Waals surface area contributed by atoms with E-state index in [0.717, 1.165) is 12.8 Å². The molecule has 0 atom stereocenters. The number of carbonyl (C=O) groups excluding carboxylic acids is 2. The highest BCUT2D eigenvalue weighted by Gasteiger charge is 2.16. The van der Waals surface area contributed by atoms with Gasteiger partial charge in [0.25, 0.3) is 5.91 Å². The molecule has 0 spiro atoms. The summed E-state index contributed by atoms with van der Waals surface area (Å²) in [5.74, 6) is -0.0725. The first-order chi connectivity index (χ1) is 10.3. The number of rotatable bonds is 6. The Hall–Kier alpha value is -1.56. The third-order valence-electron chi connectivity index (χ3n) is 3.51. The van der Waals surface area contributed by atoms with Crippen molar-refractivity contribution in [2.24, 2.45) is 0 Å². The molecule has 21 heavy (non-hydrogen) atoms. The van der Waals surface area contributed by atoms with Gasteiger partial charge in [0.2, 0.25) is 0 Å². The number of amides is 2. The molecule has 0 radical (unpaired) electrons. The van der Waals surface area contributed by atoms with E-state index in [1.165, 1.54) is 30.6 Å². The Morgan fingerprint density at radius 2 is 2.10 bits per heavy atom. The number of ether oxygens (including phenoxy) is 1. The van der Waals surface area contributed by atoms with Crippen molar-refractivity contribution in [1.29, 1.82) is 0 Å². The first kappa shape index (κ1) is 15.8. The molecular weight excluding hydrogens is 288 g/mol. The number of hydrogen-bond donors (Lipinski definition) is 2. The van der Waals surface area contributed by atoms with Crippen LogP contribution in [-0.2, 0) is 4.74 Å². The van der Waals surface area contributed by atoms with Crippen LogP contribution < -0.4 is 10.6 Å². The molecule has 116 valence electrons. The Balaban J connectivity index is 1.51. The lowest BCUT2D eigenvalue weighted by Crippen LogP contribution is -2.37. The summed E-state index contributed by atoms with van der Waals surface area (Å²) >= 11 is 1.41. The highest BCUT2D eigenvalue weighted by atomic mass is 32.1. The van der Waals surface area contributed by atoms with Crippen LogP contribution in [0.2, 0.25) is 0 Å². The normalized spacial score (nSPS) is 15.4. The molecule has 1 fully saturated rings. The molecule has 5 nitrogen and oxygen atoms in total. The maximum absolute atomic E-state index is 11.6. The molecule has 0 aromatic carbocycles. The van der Waals surface area contributed by atoms with E-state index < -0.39 is 0 Å². The van der Waals surface area contributed by atoms with Crippen LogP contribution in [0.5, 0.6) is 0 Å². The fraction of sp³-hybridized carbons (Fsp3) is 0.600. The summed E-state index contributed by atoms with van der Waals surface area (Å²) in [7, 11) is 0. The molecule has 0 saturated heterocycles. The molecule has 1 aromatic heterocycles. The largest absolute Gasteiger partial charge is 0.449 e. The van der Waals surface area contributed by atoms with Crippen molar-refractivity contribution in [3.63, 3.8) is 0 Å². The highest BCUT2D eigenvalue weighted by molar-refractivity contribution is 7.12. The molecule has 0 aliphatic heterocycles. The van der Waals surface area contributed by atoms with Crippen molar-refractivity contribution in [3.05, 3.63) is 22.4 Å². The first-order valence-corrected chi connectivity index (χ1v) is 8.38. The lowest BCUT2D eigenvalue weighted by molar-refractivity contribution is 0.0953. The zero-order valence-electron chi connectivity index (χ0n) is 12.1. The quantitative estimate of drug-likeness (QED) is 0.794. The minimum Gasteiger partial charge on any atom is -0.449 e. The number of hydrogen-bond acceptors (Lipinski definition) is 4. The van der Waals surface area contributed by atoms with Crippen LogP contribution in [0.1, 0.15) is 48.2 Å². The van der Waals surface area contributed by atoms with Gasteiger partial charge in [-0.25, -0.2) is 4.79 Å². The predicted molar refractivity (Wildman–Crippen MR) is 82.6 cm³/mol. The van der Waals surface area contributed by atoms with Crippen molar-refractivity contribution < 1.29 is 14.3 Å². The van der Waals surface area contributed by atoms with Crippen molar-refractivity contribution in [2.75, 3.05) is 13.2 Å². The van der Waals surface area contributed by atoms with Crippen LogP contribution in [0.15, 0.2) is 17.5 Å². The van der Waals surface area contributed by atoms with E-state index in [2.05, 4.69) is 10.6 Å². The molecule has 0 unspecified atom stereocenters. The Bertz CT molecular complexity index is 442. The standard InChI is InChI=1S/C15H22N2O3S/c18-14(13-8-4-11-21-13)16-9-5-10-20-15(19)17-12-6-2-1-3-7-12/h4,8,11-12H,1-3,5-7,9-10H2,(H,16,18)(H,17,19). The molecule has 1 heterocycles. The second-order valence-corrected chi connectivity index (χ2v) is 6.15. The molecular formula is C15H22N2O3S. The van der Waals surface area contributed by atoms with Crippen LogP contribution >= 0.6 is 11.3 Å². The fourth-order valence-corrected chi connectivity index (χ4v) is 3.03. The third-order valence-corrected chi connectivity index (χ3v) is 4.38. The minimum atomic E-state index is -0.341. The molecule has 2 N–H and O–H groups in total. The SMILES string of the molecule is O=C(NC1CCCCC1)OCCCNC(=O)c1cccs1. The summed E-state index contributed by atoms with van der Waals surface area (Å²) in [5.41, 5.74) is 0. The van der Waals surface area contributed by atoms with Crippen LogP contribution in [0, 0.1) is 0 Å². The van der Waals surface area contributed by atoms with E-state index in [-0.39, 0.29) is 18.0 Å². The molecule has 1 aliphatic rings. The third kappa shape index (κ3) is 5.75. The minimum absolute atomic E-state index is 0.0725. The lowest BCUT2D eigenvalue weighted by Gasteiger charge is -2.22. The summed E-state index contributed by atoms with van der Waals surface area (Å²) < 4.78 is 5.12. The molecule has 1 aromatic rings. The number of thiophene rings is 1. The van der Waals surface area contributed by atoms with Gasteiger partial charge in [-0.1, -0.05) is 25.3 Å². The molecule has 1 saturated carbocycles. The van der Waals surface area contributed by atoms with Gasteiger partial charge in [0, 0.05) is 12.6 Å². The maximum atomic E-state index is 11.6. The number of alkyl carbamates (subject to hydrolysis) is 1. The summed E-state index contributed by atoms with van der Waals surface area (Å²) in [6, 6.07) is 3.90. The monoisotopic (exact) mass is 310 g/mol. The zero-order chi connectivity index (χ0) is 14.9. The summed E-state index contributed by atoms with van der Waals surface area (Å²) in [6.45, 7) is 0.830. The van der Waals surface area contributed by atoms with E-state index in [4.69, 9.17) is 4.74 Å². The van der Waals surface area contributed by atoms with E-state index in [1.807, 2.05) is 11.4 Å². The molecule has 6 heteroatoms. The van der Waals surface area contributed by atoms with Crippen LogP contribution in [0.3, 0.4) is 0 Å². The average Bonchev–Trinajstić information content (AvgIpc) is 3.02. The summed E-state index contributed by atoms with van der Waals surface area (Å²) in [6.07, 6.45) is 6.00. The average molecular weight is 310 g/mol. The van der Waals surface area contributed by atoms with Crippen molar-refractivity contribution >= 4 is 23.3 Å². The Kier molecular flexibility index (Phi) is 6.53. The van der Waals surface area contributed by atoms with Gasteiger partial charge in [-0.15, -0.1) is 11.3 Å². The number of carbonyl (C=O) groups is 2. The van der Waals surface area contributed by atoms with Crippen LogP contribution in [-0.4, -0.2) is 31.2 Å². The Labute approximate surface area is 129 Å². The Morgan fingerprint density at radius 3 is 2.81 bits per heavy atom. The molecule has 2 rings (SSSR count). The van der Waals surface area contributed by atoms with Gasteiger partial charge in [0.05, 0.1) is 11.5 Å². The van der Waals surface area contributed by atoms with E-state index >= 15 is 0 Å². The van der Waals surface area contributed by atoms with E-state index in [0.29, 0.717) is 24.4 Å². The van der Waals surface area contributed by atoms with Gasteiger partial charge in [-0.3, -0.25) is 4.79 Å². The highest BCUT2D eigenvalue weighted by Crippen LogP contribution is 2.17. The smallest absolute Gasteiger partial charge is 0.407 e. The second-order valence-electron chi connectivity index (χ2n) is 5.20. The van der Waals surface area contributed by atoms with Crippen LogP contribution in [0.25, 0.3) is 0 Å². The van der Waals surface area contributed by atoms with Gasteiger partial charge in [-0.05, 0) is 30.7 Å². The first-order valence-electron chi connectivity index (χ1n) is 7.50. The Morgan fingerprint density at radius 1 is 1.29 bits per heavy atom. The predicted octanol–water partition coefficient (Wildman–Crippen LogP) is 2.93. The van der Waals surface area contributed by atoms with E-state index in [9.17, 15) is 9.59 Å². The molecule has 0 bridgehead atoms. The summed E-state index contributed by atoms with van der Waals surface area (Å²) in [4.78, 5) is 23.9. The molecule has 1 aliphatic carbocycles. The van der Waals surface area contributed by atoms with Crippen molar-refractivity contribution in [3.8, 4) is 0 Å². The maximum Gasteiger partial charge on any atom is 0.407 e. The van der Waals surface area contributed by atoms with Crippen molar-refractivity contribution in [1.82, 2.24) is 10.6 Å². The summed E-state index contributed by atoms with van der Waals surface area (Å²) in [5, 5.41) is 7.56. The fourth-order valence-electron chi connectivity index (χ4n) is 2.39. The van der Waals surface area contributed by atoms with Gasteiger partial charge in [-0.2, -0.15) is 0 Å². The topological polar surface area (TPSA) is 67.4 Å². The van der Waals surface area contributed by atoms with Gasteiger partial charge < -0.3 is 15.4 Å². The van der Waals surface area contributed by atoms with E-state index in [1.54, 1.807) is 6.07 Å². The van der Waals surface area contributed by atoms with Crippen molar-refractivity contribution in [2.45, 2.75) is 44.6 Å². The van der Waals surface area contributed by atoms with Gasteiger partial charge >= 0.3 is 6.09 Å². The zero-order valence-corrected chi connectivity index (χ0v) is 12.9.